The number of carboxylic acid groups (broad SMARTS) is 1. The molecule has 0 unspecified atom stereocenters. The third-order valence-electron chi connectivity index (χ3n) is 2.59. The Morgan fingerprint density at radius 3 is 2.75 bits per heavy atom. The molecule has 0 heterocycles. The van der Waals surface area contributed by atoms with E-state index in [0.717, 1.165) is 11.6 Å². The standard InChI is InChI=1S/C16H13FO3/c1-11-3-2-4-14(9-11)20-15-7-6-13(17)10-12(15)5-8-16(18)19/h2-10H,1H3,(H,18,19)/b8-5+. The lowest BCUT2D eigenvalue weighted by atomic mass is 10.1. The molecule has 3 nitrogen and oxygen atoms in total. The SMILES string of the molecule is Cc1cccc(Oc2ccc(F)cc2/C=C/C(=O)O)c1. The topological polar surface area (TPSA) is 46.5 Å². The summed E-state index contributed by atoms with van der Waals surface area (Å²) >= 11 is 0. The number of aliphatic carboxylic acids is 1. The first-order valence-electron chi connectivity index (χ1n) is 6.00. The highest BCUT2D eigenvalue weighted by Crippen LogP contribution is 2.27. The Labute approximate surface area is 115 Å². The number of carboxylic acids is 1. The second-order valence-corrected chi connectivity index (χ2v) is 4.27. The minimum Gasteiger partial charge on any atom is -0.478 e. The Morgan fingerprint density at radius 2 is 2.05 bits per heavy atom. The lowest BCUT2D eigenvalue weighted by Crippen LogP contribution is -1.91. The summed E-state index contributed by atoms with van der Waals surface area (Å²) in [5, 5.41) is 8.64. The Hall–Kier alpha value is -2.62. The van der Waals surface area contributed by atoms with E-state index in [4.69, 9.17) is 9.84 Å². The molecule has 0 aliphatic carbocycles. The molecule has 20 heavy (non-hydrogen) atoms. The van der Waals surface area contributed by atoms with Crippen LogP contribution in [0, 0.1) is 12.7 Å². The first-order valence-corrected chi connectivity index (χ1v) is 6.00. The average Bonchev–Trinajstić information content (AvgIpc) is 2.39. The zero-order valence-electron chi connectivity index (χ0n) is 10.8. The van der Waals surface area contributed by atoms with Crippen LogP contribution >= 0.6 is 0 Å². The molecule has 0 aliphatic heterocycles. The summed E-state index contributed by atoms with van der Waals surface area (Å²) in [5.41, 5.74) is 1.40. The maximum Gasteiger partial charge on any atom is 0.328 e. The van der Waals surface area contributed by atoms with Crippen molar-refractivity contribution in [3.63, 3.8) is 0 Å². The van der Waals surface area contributed by atoms with E-state index in [1.54, 1.807) is 6.07 Å². The molecule has 102 valence electrons. The van der Waals surface area contributed by atoms with Crippen molar-refractivity contribution < 1.29 is 19.0 Å². The fourth-order valence-corrected chi connectivity index (χ4v) is 1.71. The molecule has 0 aliphatic rings. The van der Waals surface area contributed by atoms with Crippen molar-refractivity contribution >= 4 is 12.0 Å². The highest BCUT2D eigenvalue weighted by molar-refractivity contribution is 5.85. The molecule has 2 rings (SSSR count). The number of benzene rings is 2. The molecule has 0 spiro atoms. The van der Waals surface area contributed by atoms with Gasteiger partial charge in [0, 0.05) is 11.6 Å². The molecule has 4 heteroatoms. The zero-order chi connectivity index (χ0) is 14.5. The maximum atomic E-state index is 13.2. The summed E-state index contributed by atoms with van der Waals surface area (Å²) in [7, 11) is 0. The summed E-state index contributed by atoms with van der Waals surface area (Å²) in [6.07, 6.45) is 2.24. The lowest BCUT2D eigenvalue weighted by molar-refractivity contribution is -0.131. The van der Waals surface area contributed by atoms with E-state index in [1.807, 2.05) is 25.1 Å². The Bertz CT molecular complexity index is 663. The Morgan fingerprint density at radius 1 is 1.25 bits per heavy atom. The van der Waals surface area contributed by atoms with Crippen molar-refractivity contribution in [2.24, 2.45) is 0 Å². The summed E-state index contributed by atoms with van der Waals surface area (Å²) < 4.78 is 18.9. The van der Waals surface area contributed by atoms with Gasteiger partial charge < -0.3 is 9.84 Å². The number of carbonyl (C=O) groups is 1. The van der Waals surface area contributed by atoms with Gasteiger partial charge in [0.25, 0.3) is 0 Å². The second kappa shape index (κ2) is 6.02. The van der Waals surface area contributed by atoms with Crippen LogP contribution in [0.25, 0.3) is 6.08 Å². The zero-order valence-corrected chi connectivity index (χ0v) is 10.8. The van der Waals surface area contributed by atoms with E-state index in [2.05, 4.69) is 0 Å². The van der Waals surface area contributed by atoms with Gasteiger partial charge in [-0.2, -0.15) is 0 Å². The molecule has 0 atom stereocenters. The van der Waals surface area contributed by atoms with Crippen molar-refractivity contribution in [1.82, 2.24) is 0 Å². The average molecular weight is 272 g/mol. The van der Waals surface area contributed by atoms with Gasteiger partial charge in [-0.05, 0) is 48.9 Å². The number of halogens is 1. The molecule has 0 fully saturated rings. The van der Waals surface area contributed by atoms with E-state index < -0.39 is 11.8 Å². The van der Waals surface area contributed by atoms with Crippen molar-refractivity contribution in [2.45, 2.75) is 6.92 Å². The van der Waals surface area contributed by atoms with Crippen molar-refractivity contribution in [3.8, 4) is 11.5 Å². The van der Waals surface area contributed by atoms with Crippen LogP contribution in [0.1, 0.15) is 11.1 Å². The Balaban J connectivity index is 2.33. The van der Waals surface area contributed by atoms with Crippen molar-refractivity contribution in [1.29, 1.82) is 0 Å². The second-order valence-electron chi connectivity index (χ2n) is 4.27. The minimum atomic E-state index is -1.10. The fourth-order valence-electron chi connectivity index (χ4n) is 1.71. The van der Waals surface area contributed by atoms with Crippen molar-refractivity contribution in [2.75, 3.05) is 0 Å². The van der Waals surface area contributed by atoms with E-state index >= 15 is 0 Å². The van der Waals surface area contributed by atoms with Crippen LogP contribution < -0.4 is 4.74 Å². The molecule has 0 saturated carbocycles. The normalized spacial score (nSPS) is 10.7. The number of rotatable bonds is 4. The van der Waals surface area contributed by atoms with Gasteiger partial charge in [-0.15, -0.1) is 0 Å². The molecular formula is C16H13FO3. The summed E-state index contributed by atoms with van der Waals surface area (Å²) in [6.45, 7) is 1.93. The molecule has 0 amide bonds. The monoisotopic (exact) mass is 272 g/mol. The highest BCUT2D eigenvalue weighted by atomic mass is 19.1. The largest absolute Gasteiger partial charge is 0.478 e. The van der Waals surface area contributed by atoms with Gasteiger partial charge in [0.05, 0.1) is 0 Å². The molecule has 1 N–H and O–H groups in total. The Kier molecular flexibility index (Phi) is 4.15. The smallest absolute Gasteiger partial charge is 0.328 e. The first-order chi connectivity index (χ1) is 9.54. The predicted molar refractivity (Wildman–Crippen MR) is 74.3 cm³/mol. The van der Waals surface area contributed by atoms with Gasteiger partial charge in [0.2, 0.25) is 0 Å². The summed E-state index contributed by atoms with van der Waals surface area (Å²) in [4.78, 5) is 10.6. The lowest BCUT2D eigenvalue weighted by Gasteiger charge is -2.09. The van der Waals surface area contributed by atoms with Crippen LogP contribution in [-0.2, 0) is 4.79 Å². The third-order valence-corrected chi connectivity index (χ3v) is 2.59. The number of hydrogen-bond donors (Lipinski definition) is 1. The molecule has 0 radical (unpaired) electrons. The maximum absolute atomic E-state index is 13.2. The van der Waals surface area contributed by atoms with E-state index in [-0.39, 0.29) is 0 Å². The summed E-state index contributed by atoms with van der Waals surface area (Å²) in [5.74, 6) is -0.543. The van der Waals surface area contributed by atoms with E-state index in [0.29, 0.717) is 17.1 Å². The van der Waals surface area contributed by atoms with Gasteiger partial charge in [0.15, 0.2) is 0 Å². The quantitative estimate of drug-likeness (QED) is 0.855. The van der Waals surface area contributed by atoms with Crippen molar-refractivity contribution in [3.05, 3.63) is 65.5 Å². The van der Waals surface area contributed by atoms with Gasteiger partial charge in [-0.3, -0.25) is 0 Å². The molecule has 0 saturated heterocycles. The van der Waals surface area contributed by atoms with Crippen LogP contribution in [0.2, 0.25) is 0 Å². The van der Waals surface area contributed by atoms with Gasteiger partial charge in [-0.25, -0.2) is 9.18 Å². The van der Waals surface area contributed by atoms with E-state index in [1.165, 1.54) is 24.3 Å². The van der Waals surface area contributed by atoms with Crippen LogP contribution in [0.4, 0.5) is 4.39 Å². The molecule has 0 bridgehead atoms. The number of ether oxygens (including phenoxy) is 1. The fraction of sp³-hybridized carbons (Fsp3) is 0.0625. The van der Waals surface area contributed by atoms with Crippen LogP contribution in [-0.4, -0.2) is 11.1 Å². The first kappa shape index (κ1) is 13.8. The van der Waals surface area contributed by atoms with Gasteiger partial charge >= 0.3 is 5.97 Å². The van der Waals surface area contributed by atoms with Crippen LogP contribution in [0.5, 0.6) is 11.5 Å². The third kappa shape index (κ3) is 3.68. The molecule has 2 aromatic rings. The van der Waals surface area contributed by atoms with E-state index in [9.17, 15) is 9.18 Å². The summed E-state index contributed by atoms with van der Waals surface area (Å²) in [6, 6.07) is 11.4. The predicted octanol–water partition coefficient (Wildman–Crippen LogP) is 4.02. The molecular weight excluding hydrogens is 259 g/mol. The number of aryl methyl sites for hydroxylation is 1. The van der Waals surface area contributed by atoms with Crippen LogP contribution in [0.15, 0.2) is 48.5 Å². The van der Waals surface area contributed by atoms with Gasteiger partial charge in [0.1, 0.15) is 17.3 Å². The highest BCUT2D eigenvalue weighted by Gasteiger charge is 2.05. The van der Waals surface area contributed by atoms with Gasteiger partial charge in [-0.1, -0.05) is 12.1 Å². The number of hydrogen-bond acceptors (Lipinski definition) is 2. The molecule has 2 aromatic carbocycles. The minimum absolute atomic E-state index is 0.369. The molecule has 0 aromatic heterocycles. The van der Waals surface area contributed by atoms with Crippen LogP contribution in [0.3, 0.4) is 0 Å².